The van der Waals surface area contributed by atoms with Gasteiger partial charge in [0, 0.05) is 17.5 Å². The number of nitro groups is 1. The third-order valence-electron chi connectivity index (χ3n) is 3.14. The summed E-state index contributed by atoms with van der Waals surface area (Å²) in [6.07, 6.45) is 1.81. The number of sulfone groups is 1. The van der Waals surface area contributed by atoms with E-state index in [0.717, 1.165) is 12.8 Å². The first kappa shape index (κ1) is 13.5. The Morgan fingerprint density at radius 2 is 1.83 bits per heavy atom. The normalized spacial score (nSPS) is 17.4. The second-order valence-corrected chi connectivity index (χ2v) is 7.19. The van der Waals surface area contributed by atoms with Gasteiger partial charge in [-0.2, -0.15) is 0 Å². The average Bonchev–Trinajstić information content (AvgIpc) is 3.09. The minimum Gasteiger partial charge on any atom is -0.258 e. The number of nitro benzene ring substituents is 1. The first-order chi connectivity index (χ1) is 8.38. The summed E-state index contributed by atoms with van der Waals surface area (Å²) in [5.74, 6) is 0.100. The van der Waals surface area contributed by atoms with E-state index in [0.29, 0.717) is 5.33 Å². The number of rotatable bonds is 5. The van der Waals surface area contributed by atoms with Gasteiger partial charge in [-0.15, -0.1) is 0 Å². The number of benzene rings is 1. The van der Waals surface area contributed by atoms with Crippen molar-refractivity contribution in [3.63, 3.8) is 0 Å². The highest BCUT2D eigenvalue weighted by molar-refractivity contribution is 9.09. The minimum atomic E-state index is -3.36. The van der Waals surface area contributed by atoms with Crippen LogP contribution in [-0.2, 0) is 9.84 Å². The summed E-state index contributed by atoms with van der Waals surface area (Å²) in [5.41, 5.74) is -0.240. The first-order valence-corrected chi connectivity index (χ1v) is 8.19. The van der Waals surface area contributed by atoms with Crippen molar-refractivity contribution in [1.82, 2.24) is 0 Å². The smallest absolute Gasteiger partial charge is 0.258 e. The Balaban J connectivity index is 2.22. The zero-order valence-corrected chi connectivity index (χ0v) is 11.9. The predicted octanol–water partition coefficient (Wildman–Crippen LogP) is 2.54. The molecule has 0 N–H and O–H groups in total. The van der Waals surface area contributed by atoms with E-state index in [1.165, 1.54) is 24.3 Å². The number of nitrogens with zero attached hydrogens (tertiary/aromatic N) is 1. The van der Waals surface area contributed by atoms with E-state index < -0.39 is 14.8 Å². The van der Waals surface area contributed by atoms with Crippen molar-refractivity contribution < 1.29 is 13.3 Å². The third-order valence-corrected chi connectivity index (χ3v) is 6.32. The maximum atomic E-state index is 12.1. The van der Waals surface area contributed by atoms with Crippen molar-refractivity contribution in [3.8, 4) is 0 Å². The van der Waals surface area contributed by atoms with E-state index in [9.17, 15) is 18.5 Å². The third kappa shape index (κ3) is 2.72. The highest BCUT2D eigenvalue weighted by atomic mass is 79.9. The molecule has 18 heavy (non-hydrogen) atoms. The molecule has 0 amide bonds. The SMILES string of the molecule is O=[N+]([O-])c1ccc(S(=O)(=O)CC2(CBr)CC2)cc1. The van der Waals surface area contributed by atoms with Gasteiger partial charge < -0.3 is 0 Å². The molecule has 1 aromatic rings. The average molecular weight is 334 g/mol. The zero-order valence-electron chi connectivity index (χ0n) is 9.50. The van der Waals surface area contributed by atoms with Crippen LogP contribution in [0.3, 0.4) is 0 Å². The van der Waals surface area contributed by atoms with E-state index in [1.54, 1.807) is 0 Å². The highest BCUT2D eigenvalue weighted by Gasteiger charge is 2.45. The van der Waals surface area contributed by atoms with Crippen molar-refractivity contribution in [1.29, 1.82) is 0 Å². The summed E-state index contributed by atoms with van der Waals surface area (Å²) >= 11 is 3.34. The lowest BCUT2D eigenvalue weighted by atomic mass is 10.2. The summed E-state index contributed by atoms with van der Waals surface area (Å²) in [6.45, 7) is 0. The Morgan fingerprint density at radius 3 is 2.22 bits per heavy atom. The molecule has 7 heteroatoms. The van der Waals surface area contributed by atoms with Crippen LogP contribution < -0.4 is 0 Å². The van der Waals surface area contributed by atoms with Gasteiger partial charge in [-0.3, -0.25) is 10.1 Å². The summed E-state index contributed by atoms with van der Waals surface area (Å²) in [6, 6.07) is 5.05. The fraction of sp³-hybridized carbons (Fsp3) is 0.455. The van der Waals surface area contributed by atoms with Gasteiger partial charge in [0.05, 0.1) is 15.6 Å². The lowest BCUT2D eigenvalue weighted by Crippen LogP contribution is -2.18. The first-order valence-electron chi connectivity index (χ1n) is 5.42. The molecule has 5 nitrogen and oxygen atoms in total. The lowest BCUT2D eigenvalue weighted by Gasteiger charge is -2.11. The monoisotopic (exact) mass is 333 g/mol. The van der Waals surface area contributed by atoms with Crippen LogP contribution in [0.4, 0.5) is 5.69 Å². The van der Waals surface area contributed by atoms with Crippen LogP contribution in [0.2, 0.25) is 0 Å². The van der Waals surface area contributed by atoms with Crippen molar-refractivity contribution in [2.24, 2.45) is 5.41 Å². The van der Waals surface area contributed by atoms with Crippen molar-refractivity contribution in [3.05, 3.63) is 34.4 Å². The van der Waals surface area contributed by atoms with Gasteiger partial charge >= 0.3 is 0 Å². The number of alkyl halides is 1. The van der Waals surface area contributed by atoms with Crippen LogP contribution in [0.25, 0.3) is 0 Å². The molecule has 0 unspecified atom stereocenters. The second-order valence-electron chi connectivity index (χ2n) is 4.64. The number of non-ortho nitro benzene ring substituents is 1. The van der Waals surface area contributed by atoms with Crippen molar-refractivity contribution in [2.75, 3.05) is 11.1 Å². The number of hydrogen-bond acceptors (Lipinski definition) is 4. The lowest BCUT2D eigenvalue weighted by molar-refractivity contribution is -0.384. The summed E-state index contributed by atoms with van der Waals surface area (Å²) in [4.78, 5) is 10.1. The number of hydrogen-bond donors (Lipinski definition) is 0. The molecule has 98 valence electrons. The van der Waals surface area contributed by atoms with Crippen LogP contribution in [0.15, 0.2) is 29.2 Å². The Hall–Kier alpha value is -0.950. The Kier molecular flexibility index (Phi) is 3.46. The van der Waals surface area contributed by atoms with Gasteiger partial charge in [0.15, 0.2) is 9.84 Å². The van der Waals surface area contributed by atoms with Gasteiger partial charge in [0.2, 0.25) is 0 Å². The molecule has 1 aromatic carbocycles. The molecule has 0 bridgehead atoms. The molecule has 0 heterocycles. The topological polar surface area (TPSA) is 77.3 Å². The van der Waals surface area contributed by atoms with Gasteiger partial charge in [0.1, 0.15) is 0 Å². The minimum absolute atomic E-state index is 0.100. The molecule has 0 atom stereocenters. The molecule has 2 rings (SSSR count). The van der Waals surface area contributed by atoms with E-state index in [2.05, 4.69) is 15.9 Å². The van der Waals surface area contributed by atoms with E-state index in [4.69, 9.17) is 0 Å². The molecule has 1 aliphatic rings. The Morgan fingerprint density at radius 1 is 1.28 bits per heavy atom. The van der Waals surface area contributed by atoms with E-state index >= 15 is 0 Å². The van der Waals surface area contributed by atoms with E-state index in [-0.39, 0.29) is 21.8 Å². The standard InChI is InChI=1S/C11H12BrNO4S/c12-7-11(5-6-11)8-18(16,17)10-3-1-9(2-4-10)13(14)15/h1-4H,5-8H2. The molecule has 0 aromatic heterocycles. The maximum Gasteiger partial charge on any atom is 0.269 e. The Bertz CT molecular complexity index is 563. The van der Waals surface area contributed by atoms with Crippen LogP contribution in [-0.4, -0.2) is 24.4 Å². The van der Waals surface area contributed by atoms with Gasteiger partial charge in [-0.25, -0.2) is 8.42 Å². The molecular formula is C11H12BrNO4S. The Labute approximate surface area is 113 Å². The van der Waals surface area contributed by atoms with Gasteiger partial charge in [-0.1, -0.05) is 15.9 Å². The van der Waals surface area contributed by atoms with Crippen LogP contribution in [0.1, 0.15) is 12.8 Å². The summed E-state index contributed by atoms with van der Waals surface area (Å²) in [7, 11) is -3.36. The van der Waals surface area contributed by atoms with Crippen LogP contribution >= 0.6 is 15.9 Å². The molecule has 1 fully saturated rings. The molecule has 0 aliphatic heterocycles. The van der Waals surface area contributed by atoms with Gasteiger partial charge in [0.25, 0.3) is 5.69 Å². The molecule has 0 radical (unpaired) electrons. The predicted molar refractivity (Wildman–Crippen MR) is 70.6 cm³/mol. The van der Waals surface area contributed by atoms with Crippen molar-refractivity contribution in [2.45, 2.75) is 17.7 Å². The van der Waals surface area contributed by atoms with Crippen LogP contribution in [0, 0.1) is 15.5 Å². The van der Waals surface area contributed by atoms with Crippen LogP contribution in [0.5, 0.6) is 0 Å². The summed E-state index contributed by atoms with van der Waals surface area (Å²) < 4.78 is 24.3. The largest absolute Gasteiger partial charge is 0.269 e. The zero-order chi connectivity index (χ0) is 13.4. The molecular weight excluding hydrogens is 322 g/mol. The summed E-state index contributed by atoms with van der Waals surface area (Å²) in [5, 5.41) is 11.2. The molecule has 1 saturated carbocycles. The molecule has 0 spiro atoms. The molecule has 1 aliphatic carbocycles. The van der Waals surface area contributed by atoms with Gasteiger partial charge in [-0.05, 0) is 30.4 Å². The number of halogens is 1. The maximum absolute atomic E-state index is 12.1. The highest BCUT2D eigenvalue weighted by Crippen LogP contribution is 2.48. The fourth-order valence-electron chi connectivity index (χ4n) is 1.75. The molecule has 0 saturated heterocycles. The fourth-order valence-corrected chi connectivity index (χ4v) is 4.69. The quantitative estimate of drug-likeness (QED) is 0.471. The second kappa shape index (κ2) is 4.62. The van der Waals surface area contributed by atoms with E-state index in [1.807, 2.05) is 0 Å². The van der Waals surface area contributed by atoms with Crippen molar-refractivity contribution >= 4 is 31.5 Å².